The maximum absolute atomic E-state index is 12.5. The second-order valence-corrected chi connectivity index (χ2v) is 5.61. The van der Waals surface area contributed by atoms with E-state index in [4.69, 9.17) is 0 Å². The number of pyridine rings is 1. The van der Waals surface area contributed by atoms with Gasteiger partial charge in [0.2, 0.25) is 5.91 Å². The standard InChI is InChI=1S/C18H18N4O2/c1-11-12(2)22-9-5-8-16(17(22)19-11)21-18(24)14-6-4-7-15(10-14)20-13(3)23/h4-10H,1-3H3,(H,20,23)(H,21,24). The highest BCUT2D eigenvalue weighted by molar-refractivity contribution is 6.06. The Balaban J connectivity index is 1.90. The molecular weight excluding hydrogens is 304 g/mol. The molecule has 122 valence electrons. The molecule has 0 bridgehead atoms. The molecule has 0 spiro atoms. The zero-order chi connectivity index (χ0) is 17.3. The fourth-order valence-corrected chi connectivity index (χ4v) is 2.53. The molecule has 24 heavy (non-hydrogen) atoms. The van der Waals surface area contributed by atoms with Crippen LogP contribution >= 0.6 is 0 Å². The summed E-state index contributed by atoms with van der Waals surface area (Å²) < 4.78 is 1.94. The van der Waals surface area contributed by atoms with Gasteiger partial charge in [0.05, 0.1) is 11.4 Å². The van der Waals surface area contributed by atoms with Gasteiger partial charge in [-0.25, -0.2) is 4.98 Å². The van der Waals surface area contributed by atoms with E-state index < -0.39 is 0 Å². The van der Waals surface area contributed by atoms with Crippen molar-refractivity contribution in [2.75, 3.05) is 10.6 Å². The van der Waals surface area contributed by atoms with Gasteiger partial charge in [0.1, 0.15) is 0 Å². The van der Waals surface area contributed by atoms with Crippen molar-refractivity contribution in [3.8, 4) is 0 Å². The molecule has 0 aliphatic rings. The van der Waals surface area contributed by atoms with E-state index >= 15 is 0 Å². The summed E-state index contributed by atoms with van der Waals surface area (Å²) in [5, 5.41) is 5.56. The summed E-state index contributed by atoms with van der Waals surface area (Å²) in [6, 6.07) is 10.5. The molecule has 6 heteroatoms. The van der Waals surface area contributed by atoms with Gasteiger partial charge in [0, 0.05) is 30.1 Å². The second-order valence-electron chi connectivity index (χ2n) is 5.61. The van der Waals surface area contributed by atoms with Crippen molar-refractivity contribution in [2.24, 2.45) is 0 Å². The summed E-state index contributed by atoms with van der Waals surface area (Å²) in [5.74, 6) is -0.436. The summed E-state index contributed by atoms with van der Waals surface area (Å²) >= 11 is 0. The van der Waals surface area contributed by atoms with Gasteiger partial charge in [-0.15, -0.1) is 0 Å². The SMILES string of the molecule is CC(=O)Nc1cccc(C(=O)Nc2cccn3c(C)c(C)nc23)c1. The lowest BCUT2D eigenvalue weighted by molar-refractivity contribution is -0.114. The maximum Gasteiger partial charge on any atom is 0.255 e. The maximum atomic E-state index is 12.5. The Morgan fingerprint density at radius 2 is 1.88 bits per heavy atom. The molecule has 2 N–H and O–H groups in total. The zero-order valence-corrected chi connectivity index (χ0v) is 13.8. The highest BCUT2D eigenvalue weighted by Gasteiger charge is 2.12. The molecule has 6 nitrogen and oxygen atoms in total. The zero-order valence-electron chi connectivity index (χ0n) is 13.8. The summed E-state index contributed by atoms with van der Waals surface area (Å²) in [6.07, 6.45) is 1.91. The van der Waals surface area contributed by atoms with E-state index in [-0.39, 0.29) is 11.8 Å². The highest BCUT2D eigenvalue weighted by Crippen LogP contribution is 2.20. The van der Waals surface area contributed by atoms with Crippen molar-refractivity contribution >= 4 is 28.8 Å². The second kappa shape index (κ2) is 6.16. The van der Waals surface area contributed by atoms with Crippen molar-refractivity contribution in [3.63, 3.8) is 0 Å². The van der Waals surface area contributed by atoms with E-state index in [9.17, 15) is 9.59 Å². The molecule has 2 aromatic heterocycles. The van der Waals surface area contributed by atoms with Crippen molar-refractivity contribution in [3.05, 3.63) is 59.5 Å². The molecule has 0 saturated heterocycles. The topological polar surface area (TPSA) is 75.5 Å². The molecule has 0 atom stereocenters. The summed E-state index contributed by atoms with van der Waals surface area (Å²) in [5.41, 5.74) is 4.35. The van der Waals surface area contributed by atoms with Gasteiger partial charge in [-0.3, -0.25) is 9.59 Å². The first-order chi connectivity index (χ1) is 11.5. The number of hydrogen-bond acceptors (Lipinski definition) is 3. The van der Waals surface area contributed by atoms with Crippen LogP contribution in [-0.2, 0) is 4.79 Å². The van der Waals surface area contributed by atoms with Gasteiger partial charge in [-0.05, 0) is 44.2 Å². The minimum absolute atomic E-state index is 0.180. The third-order valence-electron chi connectivity index (χ3n) is 3.82. The predicted molar refractivity (Wildman–Crippen MR) is 93.4 cm³/mol. The van der Waals surface area contributed by atoms with E-state index in [1.54, 1.807) is 24.3 Å². The van der Waals surface area contributed by atoms with Crippen LogP contribution in [0.25, 0.3) is 5.65 Å². The molecule has 1 aromatic carbocycles. The molecule has 0 aliphatic heterocycles. The average Bonchev–Trinajstić information content (AvgIpc) is 2.83. The Labute approximate surface area is 139 Å². The average molecular weight is 322 g/mol. The Morgan fingerprint density at radius 3 is 2.62 bits per heavy atom. The number of aromatic nitrogens is 2. The number of benzene rings is 1. The molecule has 2 amide bonds. The Morgan fingerprint density at radius 1 is 1.08 bits per heavy atom. The normalized spacial score (nSPS) is 10.6. The van der Waals surface area contributed by atoms with E-state index in [0.29, 0.717) is 22.6 Å². The lowest BCUT2D eigenvalue weighted by Gasteiger charge is -2.08. The van der Waals surface area contributed by atoms with Crippen LogP contribution in [0, 0.1) is 13.8 Å². The number of anilines is 2. The van der Waals surface area contributed by atoms with Crippen LogP contribution in [0.1, 0.15) is 28.7 Å². The van der Waals surface area contributed by atoms with Crippen LogP contribution in [0.4, 0.5) is 11.4 Å². The van der Waals surface area contributed by atoms with E-state index in [1.165, 1.54) is 6.92 Å². The Hall–Kier alpha value is -3.15. The van der Waals surface area contributed by atoms with E-state index in [0.717, 1.165) is 11.4 Å². The third-order valence-corrected chi connectivity index (χ3v) is 3.82. The van der Waals surface area contributed by atoms with Crippen LogP contribution in [0.15, 0.2) is 42.6 Å². The van der Waals surface area contributed by atoms with Crippen molar-refractivity contribution in [1.29, 1.82) is 0 Å². The first-order valence-corrected chi connectivity index (χ1v) is 7.59. The fraction of sp³-hybridized carbons (Fsp3) is 0.167. The third kappa shape index (κ3) is 2.99. The minimum atomic E-state index is -0.256. The van der Waals surface area contributed by atoms with Gasteiger partial charge < -0.3 is 15.0 Å². The molecular formula is C18H18N4O2. The minimum Gasteiger partial charge on any atom is -0.326 e. The summed E-state index contributed by atoms with van der Waals surface area (Å²) in [6.45, 7) is 5.35. The van der Waals surface area contributed by atoms with Gasteiger partial charge in [0.15, 0.2) is 5.65 Å². The number of rotatable bonds is 3. The number of hydrogen-bond donors (Lipinski definition) is 2. The number of aryl methyl sites for hydroxylation is 2. The molecule has 0 saturated carbocycles. The lowest BCUT2D eigenvalue weighted by Crippen LogP contribution is -2.14. The van der Waals surface area contributed by atoms with Gasteiger partial charge in [-0.2, -0.15) is 0 Å². The van der Waals surface area contributed by atoms with Crippen molar-refractivity contribution in [2.45, 2.75) is 20.8 Å². The fourth-order valence-electron chi connectivity index (χ4n) is 2.53. The summed E-state index contributed by atoms with van der Waals surface area (Å²) in [4.78, 5) is 28.2. The van der Waals surface area contributed by atoms with Crippen molar-refractivity contribution in [1.82, 2.24) is 9.38 Å². The first-order valence-electron chi connectivity index (χ1n) is 7.59. The molecule has 3 aromatic rings. The molecule has 0 unspecified atom stereocenters. The van der Waals surface area contributed by atoms with Crippen LogP contribution < -0.4 is 10.6 Å². The largest absolute Gasteiger partial charge is 0.326 e. The van der Waals surface area contributed by atoms with E-state index in [1.807, 2.05) is 36.6 Å². The molecule has 2 heterocycles. The quantitative estimate of drug-likeness (QED) is 0.778. The van der Waals surface area contributed by atoms with Gasteiger partial charge in [0.25, 0.3) is 5.91 Å². The van der Waals surface area contributed by atoms with Gasteiger partial charge >= 0.3 is 0 Å². The Bertz CT molecular complexity index is 943. The number of nitrogens with zero attached hydrogens (tertiary/aromatic N) is 2. The highest BCUT2D eigenvalue weighted by atomic mass is 16.2. The monoisotopic (exact) mass is 322 g/mol. The number of amides is 2. The van der Waals surface area contributed by atoms with E-state index in [2.05, 4.69) is 15.6 Å². The smallest absolute Gasteiger partial charge is 0.255 e. The number of carbonyl (C=O) groups excluding carboxylic acids is 2. The molecule has 0 fully saturated rings. The van der Waals surface area contributed by atoms with Crippen LogP contribution in [0.2, 0.25) is 0 Å². The van der Waals surface area contributed by atoms with Crippen LogP contribution in [0.3, 0.4) is 0 Å². The molecule has 0 radical (unpaired) electrons. The number of fused-ring (bicyclic) bond motifs is 1. The van der Waals surface area contributed by atoms with Crippen LogP contribution in [-0.4, -0.2) is 21.2 Å². The number of nitrogens with one attached hydrogen (secondary N) is 2. The lowest BCUT2D eigenvalue weighted by atomic mass is 10.2. The Kier molecular flexibility index (Phi) is 4.04. The molecule has 0 aliphatic carbocycles. The predicted octanol–water partition coefficient (Wildman–Crippen LogP) is 3.16. The first kappa shape index (κ1) is 15.7. The molecule has 3 rings (SSSR count). The van der Waals surface area contributed by atoms with Crippen molar-refractivity contribution < 1.29 is 9.59 Å². The van der Waals surface area contributed by atoms with Gasteiger partial charge in [-0.1, -0.05) is 6.07 Å². The summed E-state index contributed by atoms with van der Waals surface area (Å²) in [7, 11) is 0. The van der Waals surface area contributed by atoms with Crippen LogP contribution in [0.5, 0.6) is 0 Å². The number of carbonyl (C=O) groups is 2. The number of imidazole rings is 1.